The van der Waals surface area contributed by atoms with E-state index in [1.165, 1.54) is 0 Å². The first-order valence-electron chi connectivity index (χ1n) is 2.86. The van der Waals surface area contributed by atoms with Crippen molar-refractivity contribution in [1.29, 1.82) is 0 Å². The second-order valence-electron chi connectivity index (χ2n) is 2.22. The van der Waals surface area contributed by atoms with Crippen molar-refractivity contribution >= 4 is 20.2 Å². The maximum absolute atomic E-state index is 5.46. The minimum Gasteiger partial charge on any atom is -0.405 e. The fraction of sp³-hybridized carbons (Fsp3) is 1.00. The Morgan fingerprint density at radius 1 is 1.38 bits per heavy atom. The van der Waals surface area contributed by atoms with Crippen LogP contribution in [0, 0.1) is 5.92 Å². The fourth-order valence-electron chi connectivity index (χ4n) is 0.292. The summed E-state index contributed by atoms with van der Waals surface area (Å²) in [6.07, 6.45) is 0.346. The Morgan fingerprint density at radius 2 is 1.88 bits per heavy atom. The lowest BCUT2D eigenvalue weighted by atomic mass is 10.1. The zero-order valence-electron chi connectivity index (χ0n) is 5.65. The molecule has 1 atom stereocenters. The third-order valence-corrected chi connectivity index (χ3v) is 2.29. The number of rotatable bonds is 3. The number of hydrogen-bond donors (Lipinski definition) is 0. The lowest BCUT2D eigenvalue weighted by Crippen LogP contribution is -2.15. The van der Waals surface area contributed by atoms with E-state index in [0.29, 0.717) is 12.0 Å². The Labute approximate surface area is 58.0 Å². The summed E-state index contributed by atoms with van der Waals surface area (Å²) >= 11 is 5.46. The summed E-state index contributed by atoms with van der Waals surface area (Å²) in [4.78, 5) is 0. The number of halogens is 1. The van der Waals surface area contributed by atoms with Crippen LogP contribution < -0.4 is 0 Å². The second kappa shape index (κ2) is 4.36. The van der Waals surface area contributed by atoms with Crippen LogP contribution in [0.5, 0.6) is 0 Å². The summed E-state index contributed by atoms with van der Waals surface area (Å²) in [6.45, 7) is 6.32. The normalized spacial score (nSPS) is 16.1. The van der Waals surface area contributed by atoms with Crippen molar-refractivity contribution in [3.05, 3.63) is 0 Å². The molecule has 1 unspecified atom stereocenters. The van der Waals surface area contributed by atoms with E-state index in [2.05, 4.69) is 20.8 Å². The summed E-state index contributed by atoms with van der Waals surface area (Å²) in [5.41, 5.74) is 0. The molecule has 0 aromatic carbocycles. The molecule has 0 aromatic rings. The van der Waals surface area contributed by atoms with Crippen LogP contribution in [0.1, 0.15) is 20.8 Å². The van der Waals surface area contributed by atoms with Gasteiger partial charge in [-0.2, -0.15) is 0 Å². The van der Waals surface area contributed by atoms with Gasteiger partial charge in [-0.15, -0.1) is 11.1 Å². The maximum atomic E-state index is 5.46. The minimum atomic E-state index is -0.704. The molecule has 0 spiro atoms. The average molecular weight is 153 g/mol. The Hall–Kier alpha value is 0.467. The minimum absolute atomic E-state index is 0.346. The van der Waals surface area contributed by atoms with Crippen molar-refractivity contribution in [1.82, 2.24) is 0 Å². The molecule has 0 radical (unpaired) electrons. The third-order valence-electron chi connectivity index (χ3n) is 1.26. The molecule has 0 saturated carbocycles. The van der Waals surface area contributed by atoms with E-state index >= 15 is 0 Å². The van der Waals surface area contributed by atoms with Gasteiger partial charge in [-0.3, -0.25) is 0 Å². The average Bonchev–Trinajstić information content (AvgIpc) is 1.67. The van der Waals surface area contributed by atoms with E-state index in [1.54, 1.807) is 0 Å². The molecule has 50 valence electrons. The molecule has 0 fully saturated rings. The van der Waals surface area contributed by atoms with E-state index in [1.807, 2.05) is 0 Å². The van der Waals surface area contributed by atoms with Gasteiger partial charge in [0, 0.05) is 6.10 Å². The van der Waals surface area contributed by atoms with E-state index in [0.717, 1.165) is 0 Å². The van der Waals surface area contributed by atoms with Crippen LogP contribution >= 0.6 is 11.1 Å². The molecule has 0 bridgehead atoms. The van der Waals surface area contributed by atoms with Gasteiger partial charge in [0.05, 0.1) is 0 Å². The van der Waals surface area contributed by atoms with Crippen LogP contribution in [0.2, 0.25) is 0 Å². The Balaban J connectivity index is 3.17. The molecule has 0 heterocycles. The molecule has 0 aromatic heterocycles. The zero-order valence-corrected chi connectivity index (χ0v) is 7.82. The SMILES string of the molecule is CC(C)C(C)O[SiH2]Cl. The van der Waals surface area contributed by atoms with Crippen LogP contribution in [-0.4, -0.2) is 15.2 Å². The molecular formula is C5H13ClOSi. The largest absolute Gasteiger partial charge is 0.405 e. The zero-order chi connectivity index (χ0) is 6.57. The number of hydrogen-bond acceptors (Lipinski definition) is 1. The van der Waals surface area contributed by atoms with E-state index < -0.39 is 9.07 Å². The molecule has 0 aliphatic heterocycles. The second-order valence-corrected chi connectivity index (χ2v) is 3.43. The summed E-state index contributed by atoms with van der Waals surface area (Å²) in [5, 5.41) is 0. The first kappa shape index (κ1) is 8.47. The maximum Gasteiger partial charge on any atom is 0.258 e. The van der Waals surface area contributed by atoms with Gasteiger partial charge in [0.2, 0.25) is 0 Å². The lowest BCUT2D eigenvalue weighted by Gasteiger charge is -2.13. The molecule has 3 heteroatoms. The van der Waals surface area contributed by atoms with Gasteiger partial charge < -0.3 is 4.43 Å². The van der Waals surface area contributed by atoms with Crippen molar-refractivity contribution in [3.8, 4) is 0 Å². The van der Waals surface area contributed by atoms with Crippen LogP contribution in [-0.2, 0) is 4.43 Å². The van der Waals surface area contributed by atoms with Gasteiger partial charge in [-0.25, -0.2) is 0 Å². The predicted molar refractivity (Wildman–Crippen MR) is 39.8 cm³/mol. The molecule has 0 N–H and O–H groups in total. The van der Waals surface area contributed by atoms with E-state index in [-0.39, 0.29) is 0 Å². The van der Waals surface area contributed by atoms with Crippen molar-refractivity contribution < 1.29 is 4.43 Å². The smallest absolute Gasteiger partial charge is 0.258 e. The lowest BCUT2D eigenvalue weighted by molar-refractivity contribution is 0.184. The van der Waals surface area contributed by atoms with Crippen molar-refractivity contribution in [2.45, 2.75) is 26.9 Å². The molecule has 0 aliphatic rings. The predicted octanol–water partition coefficient (Wildman–Crippen LogP) is 1.29. The van der Waals surface area contributed by atoms with Gasteiger partial charge in [-0.1, -0.05) is 13.8 Å². The van der Waals surface area contributed by atoms with Gasteiger partial charge in [0.25, 0.3) is 9.07 Å². The van der Waals surface area contributed by atoms with Crippen molar-refractivity contribution in [2.75, 3.05) is 0 Å². The Morgan fingerprint density at radius 3 is 2.00 bits per heavy atom. The summed E-state index contributed by atoms with van der Waals surface area (Å²) < 4.78 is 5.21. The summed E-state index contributed by atoms with van der Waals surface area (Å²) in [6, 6.07) is 0. The highest BCUT2D eigenvalue weighted by Crippen LogP contribution is 2.03. The molecule has 1 nitrogen and oxygen atoms in total. The highest BCUT2D eigenvalue weighted by molar-refractivity contribution is 6.89. The van der Waals surface area contributed by atoms with Crippen LogP contribution in [0.3, 0.4) is 0 Å². The molecule has 0 rings (SSSR count). The monoisotopic (exact) mass is 152 g/mol. The van der Waals surface area contributed by atoms with Crippen molar-refractivity contribution in [3.63, 3.8) is 0 Å². The van der Waals surface area contributed by atoms with Crippen LogP contribution in [0.25, 0.3) is 0 Å². The molecular weight excluding hydrogens is 140 g/mol. The first-order chi connectivity index (χ1) is 3.68. The van der Waals surface area contributed by atoms with Gasteiger partial charge in [-0.05, 0) is 12.8 Å². The van der Waals surface area contributed by atoms with Gasteiger partial charge >= 0.3 is 0 Å². The first-order valence-corrected chi connectivity index (χ1v) is 5.57. The summed E-state index contributed by atoms with van der Waals surface area (Å²) in [7, 11) is -0.704. The quantitative estimate of drug-likeness (QED) is 0.438. The molecule has 0 amide bonds. The standard InChI is InChI=1S/C5H13ClOSi/c1-4(2)5(3)7-8-6/h4-5H,8H2,1-3H3. The van der Waals surface area contributed by atoms with Gasteiger partial charge in [0.1, 0.15) is 0 Å². The van der Waals surface area contributed by atoms with Crippen molar-refractivity contribution in [2.24, 2.45) is 5.92 Å². The Bertz CT molecular complexity index is 58.4. The van der Waals surface area contributed by atoms with E-state index in [9.17, 15) is 0 Å². The Kier molecular flexibility index (Phi) is 4.61. The molecule has 0 aliphatic carbocycles. The van der Waals surface area contributed by atoms with Crippen LogP contribution in [0.15, 0.2) is 0 Å². The van der Waals surface area contributed by atoms with Gasteiger partial charge in [0.15, 0.2) is 0 Å². The van der Waals surface area contributed by atoms with E-state index in [4.69, 9.17) is 15.5 Å². The summed E-state index contributed by atoms with van der Waals surface area (Å²) in [5.74, 6) is 0.598. The highest BCUT2D eigenvalue weighted by atomic mass is 35.6. The molecule has 0 saturated heterocycles. The van der Waals surface area contributed by atoms with Crippen LogP contribution in [0.4, 0.5) is 0 Å². The fourth-order valence-corrected chi connectivity index (χ4v) is 1.47. The molecule has 8 heavy (non-hydrogen) atoms. The third kappa shape index (κ3) is 3.47. The topological polar surface area (TPSA) is 9.23 Å². The highest BCUT2D eigenvalue weighted by Gasteiger charge is 2.04.